The molecule has 6 nitrogen and oxygen atoms in total. The molecule has 2 amide bonds. The van der Waals surface area contributed by atoms with Crippen LogP contribution >= 0.6 is 56.8 Å². The molecule has 3 N–H and O–H groups in total. The van der Waals surface area contributed by atoms with Crippen molar-refractivity contribution in [3.8, 4) is 5.75 Å². The third-order valence-corrected chi connectivity index (χ3v) is 6.68. The number of halogens is 3. The van der Waals surface area contributed by atoms with Crippen LogP contribution in [0.1, 0.15) is 16.7 Å². The molecule has 3 aromatic carbocycles. The zero-order valence-electron chi connectivity index (χ0n) is 17.6. The van der Waals surface area contributed by atoms with E-state index in [2.05, 4.69) is 10.6 Å². The summed E-state index contributed by atoms with van der Waals surface area (Å²) in [6.07, 6.45) is -0.497. The number of phenolic OH excluding ortho intramolecular Hbond substituents is 1. The van der Waals surface area contributed by atoms with Gasteiger partial charge in [0, 0.05) is 17.1 Å². The van der Waals surface area contributed by atoms with E-state index in [9.17, 15) is 14.7 Å². The van der Waals surface area contributed by atoms with E-state index >= 15 is 0 Å². The minimum absolute atomic E-state index is 0.0867. The van der Waals surface area contributed by atoms with Crippen molar-refractivity contribution in [1.82, 2.24) is 5.32 Å². The van der Waals surface area contributed by atoms with Crippen LogP contribution < -0.4 is 10.6 Å². The van der Waals surface area contributed by atoms with E-state index in [-0.39, 0.29) is 18.8 Å². The molecule has 3 rings (SSSR count). The van der Waals surface area contributed by atoms with Crippen molar-refractivity contribution >= 4 is 74.5 Å². The van der Waals surface area contributed by atoms with Gasteiger partial charge >= 0.3 is 6.09 Å². The van der Waals surface area contributed by atoms with Gasteiger partial charge < -0.3 is 20.5 Å². The molecule has 0 aromatic heterocycles. The molecule has 0 fully saturated rings. The van der Waals surface area contributed by atoms with E-state index in [0.29, 0.717) is 17.9 Å². The molecule has 0 saturated heterocycles. The van der Waals surface area contributed by atoms with Crippen molar-refractivity contribution in [2.45, 2.75) is 26.0 Å². The molecular formula is C24H21ClI2N2O4. The van der Waals surface area contributed by atoms with Crippen LogP contribution in [0.25, 0.3) is 0 Å². The Labute approximate surface area is 224 Å². The standard InChI is InChI=1S/C24H21ClI2N2O4/c1-14-7-8-17(25)12-20(14)28-23(31)21(11-16-9-18(26)22(30)19(27)10-16)29-24(32)33-13-15-5-3-2-4-6-15/h2-10,12,21,30H,11,13H2,1H3,(H,28,31)(H,29,32)/t21-/m0/s1. The largest absolute Gasteiger partial charge is 0.506 e. The maximum Gasteiger partial charge on any atom is 0.408 e. The first-order chi connectivity index (χ1) is 15.7. The van der Waals surface area contributed by atoms with E-state index in [0.717, 1.165) is 16.7 Å². The van der Waals surface area contributed by atoms with Gasteiger partial charge in [0.05, 0.1) is 7.14 Å². The van der Waals surface area contributed by atoms with E-state index in [4.69, 9.17) is 16.3 Å². The number of hydrogen-bond donors (Lipinski definition) is 3. The van der Waals surface area contributed by atoms with Crippen LogP contribution in [0.2, 0.25) is 5.02 Å². The fourth-order valence-electron chi connectivity index (χ4n) is 3.04. The SMILES string of the molecule is Cc1ccc(Cl)cc1NC(=O)[C@H](Cc1cc(I)c(O)c(I)c1)NC(=O)OCc1ccccc1. The lowest BCUT2D eigenvalue weighted by molar-refractivity contribution is -0.118. The third-order valence-electron chi connectivity index (χ3n) is 4.80. The van der Waals surface area contributed by atoms with Crippen molar-refractivity contribution < 1.29 is 19.4 Å². The summed E-state index contributed by atoms with van der Waals surface area (Å²) in [6.45, 7) is 1.94. The summed E-state index contributed by atoms with van der Waals surface area (Å²) in [6, 6.07) is 17.1. The summed E-state index contributed by atoms with van der Waals surface area (Å²) in [4.78, 5) is 25.7. The molecule has 0 aliphatic rings. The number of nitrogens with one attached hydrogen (secondary N) is 2. The second-order valence-corrected chi connectivity index (χ2v) is 10.1. The van der Waals surface area contributed by atoms with Gasteiger partial charge in [0.25, 0.3) is 0 Å². The number of carbonyl (C=O) groups is 2. The van der Waals surface area contributed by atoms with Crippen molar-refractivity contribution in [2.24, 2.45) is 0 Å². The maximum absolute atomic E-state index is 13.1. The Morgan fingerprint density at radius 1 is 1.03 bits per heavy atom. The molecule has 0 unspecified atom stereocenters. The van der Waals surface area contributed by atoms with E-state index in [1.165, 1.54) is 0 Å². The van der Waals surface area contributed by atoms with Gasteiger partial charge in [-0.2, -0.15) is 0 Å². The first-order valence-corrected chi connectivity index (χ1v) is 12.5. The molecule has 0 heterocycles. The number of phenols is 1. The number of alkyl carbamates (subject to hydrolysis) is 1. The van der Waals surface area contributed by atoms with Crippen molar-refractivity contribution in [1.29, 1.82) is 0 Å². The average molecular weight is 691 g/mol. The fourth-order valence-corrected chi connectivity index (χ4v) is 5.11. The van der Waals surface area contributed by atoms with E-state index in [1.807, 2.05) is 82.4 Å². The van der Waals surface area contributed by atoms with Crippen LogP contribution in [0.4, 0.5) is 10.5 Å². The normalized spacial score (nSPS) is 11.5. The third kappa shape index (κ3) is 7.47. The minimum Gasteiger partial charge on any atom is -0.506 e. The van der Waals surface area contributed by atoms with Crippen LogP contribution in [0.3, 0.4) is 0 Å². The molecule has 3 aromatic rings. The summed E-state index contributed by atoms with van der Waals surface area (Å²) in [5.41, 5.74) is 3.03. The van der Waals surface area contributed by atoms with Crippen molar-refractivity contribution in [3.05, 3.63) is 89.5 Å². The predicted molar refractivity (Wildman–Crippen MR) is 146 cm³/mol. The Balaban J connectivity index is 1.78. The van der Waals surface area contributed by atoms with Gasteiger partial charge in [-0.3, -0.25) is 4.79 Å². The van der Waals surface area contributed by atoms with Gasteiger partial charge in [0.15, 0.2) is 0 Å². The molecule has 0 saturated carbocycles. The highest BCUT2D eigenvalue weighted by molar-refractivity contribution is 14.1. The maximum atomic E-state index is 13.1. The summed E-state index contributed by atoms with van der Waals surface area (Å²) in [5, 5.41) is 16.1. The van der Waals surface area contributed by atoms with Crippen molar-refractivity contribution in [2.75, 3.05) is 5.32 Å². The molecule has 0 bridgehead atoms. The van der Waals surface area contributed by atoms with Crippen LogP contribution in [0.5, 0.6) is 5.75 Å². The first kappa shape index (κ1) is 25.6. The van der Waals surface area contributed by atoms with Gasteiger partial charge in [-0.1, -0.05) is 48.0 Å². The number of rotatable bonds is 7. The van der Waals surface area contributed by atoms with Crippen LogP contribution in [-0.4, -0.2) is 23.1 Å². The number of benzene rings is 3. The fraction of sp³-hybridized carbons (Fsp3) is 0.167. The number of ether oxygens (including phenoxy) is 1. The summed E-state index contributed by atoms with van der Waals surface area (Å²) >= 11 is 10.1. The molecule has 1 atom stereocenters. The summed E-state index contributed by atoms with van der Waals surface area (Å²) in [7, 11) is 0. The lowest BCUT2D eigenvalue weighted by Gasteiger charge is -2.20. The number of aryl methyl sites for hydroxylation is 1. The van der Waals surface area contributed by atoms with E-state index in [1.54, 1.807) is 30.3 Å². The topological polar surface area (TPSA) is 87.7 Å². The predicted octanol–water partition coefficient (Wildman–Crippen LogP) is 6.04. The molecule has 0 radical (unpaired) electrons. The number of carbonyl (C=O) groups excluding carboxylic acids is 2. The average Bonchev–Trinajstić information content (AvgIpc) is 2.78. The zero-order valence-corrected chi connectivity index (χ0v) is 22.6. The monoisotopic (exact) mass is 690 g/mol. The Bertz CT molecular complexity index is 1140. The Hall–Kier alpha value is -2.05. The lowest BCUT2D eigenvalue weighted by atomic mass is 10.0. The highest BCUT2D eigenvalue weighted by Crippen LogP contribution is 2.28. The van der Waals surface area contributed by atoms with Crippen LogP contribution in [0.15, 0.2) is 60.7 Å². The van der Waals surface area contributed by atoms with E-state index < -0.39 is 18.0 Å². The molecule has 0 spiro atoms. The number of anilines is 1. The Morgan fingerprint density at radius 3 is 2.36 bits per heavy atom. The highest BCUT2D eigenvalue weighted by Gasteiger charge is 2.24. The number of hydrogen-bond acceptors (Lipinski definition) is 4. The smallest absolute Gasteiger partial charge is 0.408 e. The van der Waals surface area contributed by atoms with Gasteiger partial charge in [0.1, 0.15) is 18.4 Å². The number of aromatic hydroxyl groups is 1. The van der Waals surface area contributed by atoms with Gasteiger partial charge in [-0.15, -0.1) is 0 Å². The molecular weight excluding hydrogens is 670 g/mol. The van der Waals surface area contributed by atoms with Gasteiger partial charge in [-0.25, -0.2) is 4.79 Å². The molecule has 172 valence electrons. The summed E-state index contributed by atoms with van der Waals surface area (Å²) < 4.78 is 6.63. The molecule has 0 aliphatic heterocycles. The Morgan fingerprint density at radius 2 is 1.70 bits per heavy atom. The van der Waals surface area contributed by atoms with Crippen LogP contribution in [-0.2, 0) is 22.6 Å². The zero-order chi connectivity index (χ0) is 24.0. The minimum atomic E-state index is -0.914. The lowest BCUT2D eigenvalue weighted by Crippen LogP contribution is -2.45. The second-order valence-electron chi connectivity index (χ2n) is 7.32. The van der Waals surface area contributed by atoms with Crippen molar-refractivity contribution in [3.63, 3.8) is 0 Å². The number of amides is 2. The van der Waals surface area contributed by atoms with Crippen LogP contribution in [0, 0.1) is 14.1 Å². The first-order valence-electron chi connectivity index (χ1n) is 9.94. The Kier molecular flexibility index (Phi) is 9.21. The molecule has 9 heteroatoms. The highest BCUT2D eigenvalue weighted by atomic mass is 127. The van der Waals surface area contributed by atoms with Gasteiger partial charge in [0.2, 0.25) is 5.91 Å². The molecule has 33 heavy (non-hydrogen) atoms. The quantitative estimate of drug-likeness (QED) is 0.264. The summed E-state index contributed by atoms with van der Waals surface area (Å²) in [5.74, 6) is -0.221. The van der Waals surface area contributed by atoms with Gasteiger partial charge in [-0.05, 0) is 93.1 Å². The molecule has 0 aliphatic carbocycles. The second kappa shape index (κ2) is 11.9.